The lowest BCUT2D eigenvalue weighted by atomic mass is 10.1. The number of esters is 1. The summed E-state index contributed by atoms with van der Waals surface area (Å²) >= 11 is 3.30. The molecule has 6 heteroatoms. The fourth-order valence-electron chi connectivity index (χ4n) is 2.40. The van der Waals surface area contributed by atoms with E-state index in [1.54, 1.807) is 72.8 Å². The second-order valence-electron chi connectivity index (χ2n) is 5.58. The lowest BCUT2D eigenvalue weighted by Gasteiger charge is -2.09. The Kier molecular flexibility index (Phi) is 6.32. The van der Waals surface area contributed by atoms with Gasteiger partial charge in [-0.3, -0.25) is 4.79 Å². The van der Waals surface area contributed by atoms with Crippen LogP contribution in [0.4, 0.5) is 0 Å². The van der Waals surface area contributed by atoms with Gasteiger partial charge < -0.3 is 4.74 Å². The molecule has 3 aromatic rings. The molecule has 0 heterocycles. The number of hydrogen-bond donors (Lipinski definition) is 0. The molecular formula is C21H15BrO4S. The van der Waals surface area contributed by atoms with Crippen LogP contribution in [-0.2, 0) is 15.5 Å². The van der Waals surface area contributed by atoms with Gasteiger partial charge in [-0.2, -0.15) is 0 Å². The monoisotopic (exact) mass is 442 g/mol. The Morgan fingerprint density at radius 1 is 0.852 bits per heavy atom. The van der Waals surface area contributed by atoms with E-state index < -0.39 is 16.8 Å². The number of benzene rings is 3. The van der Waals surface area contributed by atoms with Gasteiger partial charge in [0.05, 0.1) is 21.3 Å². The minimum Gasteiger partial charge on any atom is -0.454 e. The number of halogens is 1. The highest BCUT2D eigenvalue weighted by Crippen LogP contribution is 2.21. The summed E-state index contributed by atoms with van der Waals surface area (Å²) in [5.41, 5.74) is 0.635. The summed E-state index contributed by atoms with van der Waals surface area (Å²) in [7, 11) is -1.52. The highest BCUT2D eigenvalue weighted by Gasteiger charge is 2.19. The van der Waals surface area contributed by atoms with E-state index in [-0.39, 0.29) is 18.0 Å². The molecule has 1 atom stereocenters. The number of ether oxygens (including phenoxy) is 1. The van der Waals surface area contributed by atoms with Crippen molar-refractivity contribution in [2.45, 2.75) is 9.79 Å². The maximum atomic E-state index is 12.8. The van der Waals surface area contributed by atoms with E-state index in [9.17, 15) is 13.8 Å². The average molecular weight is 443 g/mol. The van der Waals surface area contributed by atoms with Crippen molar-refractivity contribution >= 4 is 38.5 Å². The van der Waals surface area contributed by atoms with Crippen molar-refractivity contribution < 1.29 is 18.5 Å². The van der Waals surface area contributed by atoms with E-state index in [0.717, 1.165) is 4.47 Å². The summed E-state index contributed by atoms with van der Waals surface area (Å²) in [6.45, 7) is -0.382. The maximum absolute atomic E-state index is 12.8. The van der Waals surface area contributed by atoms with Crippen LogP contribution in [0.5, 0.6) is 0 Å². The number of Topliss-reactive ketones (excluding diaryl/α,β-unsaturated/α-hetero) is 1. The molecule has 1 unspecified atom stereocenters. The van der Waals surface area contributed by atoms with Crippen LogP contribution in [0.25, 0.3) is 0 Å². The smallest absolute Gasteiger partial charge is 0.339 e. The molecule has 0 spiro atoms. The van der Waals surface area contributed by atoms with Crippen LogP contribution < -0.4 is 0 Å². The maximum Gasteiger partial charge on any atom is 0.339 e. The zero-order valence-electron chi connectivity index (χ0n) is 14.1. The first-order valence-electron chi connectivity index (χ1n) is 8.08. The molecule has 0 amide bonds. The molecule has 0 aliphatic heterocycles. The molecule has 0 aliphatic rings. The molecular weight excluding hydrogens is 428 g/mol. The molecule has 0 saturated carbocycles. The molecule has 27 heavy (non-hydrogen) atoms. The molecule has 3 rings (SSSR count). The van der Waals surface area contributed by atoms with E-state index in [4.69, 9.17) is 4.74 Å². The first-order valence-corrected chi connectivity index (χ1v) is 10.0. The zero-order chi connectivity index (χ0) is 19.2. The minimum atomic E-state index is -1.52. The third kappa shape index (κ3) is 4.78. The molecule has 0 N–H and O–H groups in total. The van der Waals surface area contributed by atoms with Gasteiger partial charge in [-0.25, -0.2) is 9.00 Å². The highest BCUT2D eigenvalue weighted by atomic mass is 79.9. The lowest BCUT2D eigenvalue weighted by molar-refractivity contribution is 0.0471. The van der Waals surface area contributed by atoms with Crippen molar-refractivity contribution in [2.75, 3.05) is 6.61 Å². The molecule has 3 aromatic carbocycles. The average Bonchev–Trinajstić information content (AvgIpc) is 2.72. The van der Waals surface area contributed by atoms with Crippen molar-refractivity contribution in [3.63, 3.8) is 0 Å². The van der Waals surface area contributed by atoms with Crippen LogP contribution in [0.1, 0.15) is 20.7 Å². The number of carbonyl (C=O) groups excluding carboxylic acids is 2. The standard InChI is InChI=1S/C21H15BrO4S/c22-16-12-10-15(11-13-16)19(23)14-26-21(24)18-8-4-5-9-20(18)27(25)17-6-2-1-3-7-17/h1-13H,14H2. The van der Waals surface area contributed by atoms with E-state index in [0.29, 0.717) is 15.4 Å². The van der Waals surface area contributed by atoms with Crippen LogP contribution in [0.15, 0.2) is 93.1 Å². The summed E-state index contributed by atoms with van der Waals surface area (Å²) in [6.07, 6.45) is 0. The van der Waals surface area contributed by atoms with Gasteiger partial charge in [0.2, 0.25) is 0 Å². The minimum absolute atomic E-state index is 0.184. The highest BCUT2D eigenvalue weighted by molar-refractivity contribution is 9.10. The zero-order valence-corrected chi connectivity index (χ0v) is 16.5. The predicted octanol–water partition coefficient (Wildman–Crippen LogP) is 4.66. The molecule has 0 aliphatic carbocycles. The molecule has 0 radical (unpaired) electrons. The van der Waals surface area contributed by atoms with Crippen LogP contribution in [0.3, 0.4) is 0 Å². The summed E-state index contributed by atoms with van der Waals surface area (Å²) in [5.74, 6) is -0.988. The largest absolute Gasteiger partial charge is 0.454 e. The molecule has 0 saturated heterocycles. The van der Waals surface area contributed by atoms with Gasteiger partial charge in [0.1, 0.15) is 0 Å². The van der Waals surface area contributed by atoms with Gasteiger partial charge in [-0.1, -0.05) is 58.4 Å². The summed E-state index contributed by atoms with van der Waals surface area (Å²) < 4.78 is 18.8. The fourth-order valence-corrected chi connectivity index (χ4v) is 3.87. The fraction of sp³-hybridized carbons (Fsp3) is 0.0476. The molecule has 4 nitrogen and oxygen atoms in total. The second-order valence-corrected chi connectivity index (χ2v) is 7.95. The summed E-state index contributed by atoms with van der Waals surface area (Å²) in [6, 6.07) is 22.2. The van der Waals surface area contributed by atoms with Gasteiger partial charge in [0.15, 0.2) is 12.4 Å². The van der Waals surface area contributed by atoms with E-state index in [1.807, 2.05) is 6.07 Å². The predicted molar refractivity (Wildman–Crippen MR) is 106 cm³/mol. The third-order valence-corrected chi connectivity index (χ3v) is 5.75. The van der Waals surface area contributed by atoms with E-state index in [1.165, 1.54) is 0 Å². The topological polar surface area (TPSA) is 60.4 Å². The van der Waals surface area contributed by atoms with Crippen molar-refractivity contribution in [2.24, 2.45) is 0 Å². The number of carbonyl (C=O) groups is 2. The lowest BCUT2D eigenvalue weighted by Crippen LogP contribution is -2.15. The van der Waals surface area contributed by atoms with E-state index in [2.05, 4.69) is 15.9 Å². The molecule has 136 valence electrons. The van der Waals surface area contributed by atoms with E-state index >= 15 is 0 Å². The number of rotatable bonds is 6. The third-order valence-electron chi connectivity index (χ3n) is 3.76. The molecule has 0 aromatic heterocycles. The second kappa shape index (κ2) is 8.88. The molecule has 0 bridgehead atoms. The van der Waals surface area contributed by atoms with Gasteiger partial charge in [-0.15, -0.1) is 0 Å². The molecule has 0 fully saturated rings. The van der Waals surface area contributed by atoms with Crippen LogP contribution >= 0.6 is 15.9 Å². The van der Waals surface area contributed by atoms with Gasteiger partial charge in [0.25, 0.3) is 0 Å². The Morgan fingerprint density at radius 2 is 1.48 bits per heavy atom. The van der Waals surface area contributed by atoms with Crippen LogP contribution in [-0.4, -0.2) is 22.6 Å². The Morgan fingerprint density at radius 3 is 2.19 bits per heavy atom. The van der Waals surface area contributed by atoms with Crippen LogP contribution in [0.2, 0.25) is 0 Å². The Hall–Kier alpha value is -2.57. The van der Waals surface area contributed by atoms with Crippen molar-refractivity contribution in [3.05, 3.63) is 94.5 Å². The Labute approximate surface area is 167 Å². The number of ketones is 1. The first kappa shape index (κ1) is 19.2. The van der Waals surface area contributed by atoms with Crippen LogP contribution in [0, 0.1) is 0 Å². The Bertz CT molecular complexity index is 985. The van der Waals surface area contributed by atoms with Gasteiger partial charge in [0, 0.05) is 14.9 Å². The van der Waals surface area contributed by atoms with Crippen molar-refractivity contribution in [1.82, 2.24) is 0 Å². The SMILES string of the molecule is O=C(COC(=O)c1ccccc1S(=O)c1ccccc1)c1ccc(Br)cc1. The first-order chi connectivity index (χ1) is 13.1. The van der Waals surface area contributed by atoms with Crippen molar-refractivity contribution in [3.8, 4) is 0 Å². The Balaban J connectivity index is 1.75. The number of hydrogen-bond acceptors (Lipinski definition) is 4. The normalized spacial score (nSPS) is 11.6. The quantitative estimate of drug-likeness (QED) is 0.411. The summed E-state index contributed by atoms with van der Waals surface area (Å²) in [4.78, 5) is 25.6. The van der Waals surface area contributed by atoms with Gasteiger partial charge in [-0.05, 0) is 36.4 Å². The van der Waals surface area contributed by atoms with Crippen molar-refractivity contribution in [1.29, 1.82) is 0 Å². The van der Waals surface area contributed by atoms with Gasteiger partial charge >= 0.3 is 5.97 Å². The summed E-state index contributed by atoms with van der Waals surface area (Å²) in [5, 5.41) is 0.